The predicted molar refractivity (Wildman–Crippen MR) is 82.2 cm³/mol. The van der Waals surface area contributed by atoms with Gasteiger partial charge in [-0.2, -0.15) is 13.2 Å². The predicted octanol–water partition coefficient (Wildman–Crippen LogP) is 2.07. The first kappa shape index (κ1) is 17.3. The summed E-state index contributed by atoms with van der Waals surface area (Å²) < 4.78 is 38.2. The van der Waals surface area contributed by atoms with Crippen LogP contribution in [0.15, 0.2) is 16.9 Å². The van der Waals surface area contributed by atoms with E-state index < -0.39 is 17.6 Å². The number of nitrogens with zero attached hydrogens (tertiary/aromatic N) is 2. The fourth-order valence-corrected chi connectivity index (χ4v) is 2.96. The Morgan fingerprint density at radius 3 is 2.68 bits per heavy atom. The van der Waals surface area contributed by atoms with Gasteiger partial charge in [-0.15, -0.1) is 0 Å². The van der Waals surface area contributed by atoms with Gasteiger partial charge in [0.05, 0.1) is 11.3 Å². The topological polar surface area (TPSA) is 89.4 Å². The second-order valence-electron chi connectivity index (χ2n) is 6.06. The number of benzene rings is 1. The zero-order valence-electron chi connectivity index (χ0n) is 13.3. The number of fused-ring (bicyclic) bond motifs is 1. The summed E-state index contributed by atoms with van der Waals surface area (Å²) in [5.41, 5.74) is 0.836. The Kier molecular flexibility index (Phi) is 4.19. The van der Waals surface area contributed by atoms with Crippen LogP contribution in [0, 0.1) is 6.92 Å². The molecule has 1 aromatic carbocycles. The molecule has 0 saturated carbocycles. The molecule has 1 aliphatic heterocycles. The maximum Gasteiger partial charge on any atom is 0.449 e. The highest BCUT2D eigenvalue weighted by atomic mass is 19.4. The SMILES string of the molecule is Cc1cc(O)cc(O)c1CN1CCc2nc(C(F)(F)F)[nH]c(=O)c2C1. The summed E-state index contributed by atoms with van der Waals surface area (Å²) in [6.45, 7) is 2.57. The minimum absolute atomic E-state index is 0.0527. The molecule has 1 aliphatic rings. The van der Waals surface area contributed by atoms with Gasteiger partial charge >= 0.3 is 6.18 Å². The quantitative estimate of drug-likeness (QED) is 0.767. The van der Waals surface area contributed by atoms with E-state index in [2.05, 4.69) is 4.98 Å². The lowest BCUT2D eigenvalue weighted by atomic mass is 10.0. The van der Waals surface area contributed by atoms with Crippen molar-refractivity contribution in [2.75, 3.05) is 6.54 Å². The van der Waals surface area contributed by atoms with Crippen molar-refractivity contribution in [3.8, 4) is 11.5 Å². The second kappa shape index (κ2) is 6.07. The molecular weight excluding hydrogens is 339 g/mol. The molecule has 9 heteroatoms. The molecule has 1 aromatic heterocycles. The van der Waals surface area contributed by atoms with E-state index in [-0.39, 0.29) is 35.7 Å². The highest BCUT2D eigenvalue weighted by molar-refractivity contribution is 5.44. The van der Waals surface area contributed by atoms with Gasteiger partial charge in [0.25, 0.3) is 5.56 Å². The van der Waals surface area contributed by atoms with Gasteiger partial charge in [0.2, 0.25) is 5.82 Å². The molecule has 0 saturated heterocycles. The maximum atomic E-state index is 12.7. The van der Waals surface area contributed by atoms with Gasteiger partial charge in [-0.05, 0) is 18.6 Å². The normalized spacial score (nSPS) is 15.2. The molecule has 0 atom stereocenters. The van der Waals surface area contributed by atoms with E-state index in [9.17, 15) is 28.2 Å². The lowest BCUT2D eigenvalue weighted by molar-refractivity contribution is -0.145. The smallest absolute Gasteiger partial charge is 0.449 e. The van der Waals surface area contributed by atoms with Crippen molar-refractivity contribution >= 4 is 0 Å². The Morgan fingerprint density at radius 2 is 2.04 bits per heavy atom. The number of aromatic nitrogens is 2. The summed E-state index contributed by atoms with van der Waals surface area (Å²) in [4.78, 5) is 19.2. The molecule has 0 aliphatic carbocycles. The minimum Gasteiger partial charge on any atom is -0.508 e. The summed E-state index contributed by atoms with van der Waals surface area (Å²) in [5, 5.41) is 19.4. The zero-order valence-corrected chi connectivity index (χ0v) is 13.3. The number of aromatic hydroxyl groups is 2. The number of rotatable bonds is 2. The fraction of sp³-hybridized carbons (Fsp3) is 0.375. The standard InChI is InChI=1S/C16H16F3N3O3/c1-8-4-9(23)5-13(24)10(8)6-22-3-2-12-11(7-22)14(25)21-15(20-12)16(17,18)19/h4-5,23-24H,2-3,6-7H2,1H3,(H,20,21,25). The van der Waals surface area contributed by atoms with Gasteiger partial charge in [0, 0.05) is 37.7 Å². The van der Waals surface area contributed by atoms with Gasteiger partial charge in [-0.3, -0.25) is 9.69 Å². The molecule has 2 aromatic rings. The molecule has 25 heavy (non-hydrogen) atoms. The van der Waals surface area contributed by atoms with Crippen LogP contribution in [0.1, 0.15) is 28.2 Å². The van der Waals surface area contributed by atoms with Crippen LogP contribution in [0.5, 0.6) is 11.5 Å². The molecule has 134 valence electrons. The highest BCUT2D eigenvalue weighted by Crippen LogP contribution is 2.30. The van der Waals surface area contributed by atoms with Gasteiger partial charge in [-0.25, -0.2) is 4.98 Å². The van der Waals surface area contributed by atoms with Crippen LogP contribution in [-0.2, 0) is 25.7 Å². The summed E-state index contributed by atoms with van der Waals surface area (Å²) in [7, 11) is 0. The van der Waals surface area contributed by atoms with Gasteiger partial charge < -0.3 is 15.2 Å². The van der Waals surface area contributed by atoms with E-state index >= 15 is 0 Å². The number of phenols is 2. The summed E-state index contributed by atoms with van der Waals surface area (Å²) in [6, 6.07) is 2.74. The first-order valence-corrected chi connectivity index (χ1v) is 7.58. The molecule has 2 heterocycles. The van der Waals surface area contributed by atoms with E-state index in [0.29, 0.717) is 24.2 Å². The number of alkyl halides is 3. The lowest BCUT2D eigenvalue weighted by Crippen LogP contribution is -2.36. The summed E-state index contributed by atoms with van der Waals surface area (Å²) in [5.74, 6) is -1.40. The highest BCUT2D eigenvalue weighted by Gasteiger charge is 2.36. The van der Waals surface area contributed by atoms with Crippen molar-refractivity contribution in [1.29, 1.82) is 0 Å². The Morgan fingerprint density at radius 1 is 1.32 bits per heavy atom. The van der Waals surface area contributed by atoms with Crippen molar-refractivity contribution in [2.45, 2.75) is 32.6 Å². The maximum absolute atomic E-state index is 12.7. The van der Waals surface area contributed by atoms with Crippen molar-refractivity contribution in [3.05, 3.63) is 50.7 Å². The number of halogens is 3. The molecular formula is C16H16F3N3O3. The van der Waals surface area contributed by atoms with E-state index in [1.165, 1.54) is 12.1 Å². The molecule has 0 unspecified atom stereocenters. The van der Waals surface area contributed by atoms with E-state index in [4.69, 9.17) is 0 Å². The van der Waals surface area contributed by atoms with Crippen molar-refractivity contribution in [3.63, 3.8) is 0 Å². The van der Waals surface area contributed by atoms with Gasteiger partial charge in [0.1, 0.15) is 11.5 Å². The number of hydrogen-bond donors (Lipinski definition) is 3. The van der Waals surface area contributed by atoms with Crippen LogP contribution in [0.25, 0.3) is 0 Å². The molecule has 3 N–H and O–H groups in total. The molecule has 0 radical (unpaired) electrons. The fourth-order valence-electron chi connectivity index (χ4n) is 2.96. The number of phenolic OH excluding ortho intramolecular Hbond substituents is 2. The molecule has 6 nitrogen and oxygen atoms in total. The Hall–Kier alpha value is -2.55. The molecule has 0 amide bonds. The van der Waals surface area contributed by atoms with Gasteiger partial charge in [0.15, 0.2) is 0 Å². The van der Waals surface area contributed by atoms with Crippen molar-refractivity contribution in [1.82, 2.24) is 14.9 Å². The molecule has 3 rings (SSSR count). The first-order chi connectivity index (χ1) is 11.6. The Bertz CT molecular complexity index is 854. The van der Waals surface area contributed by atoms with E-state index in [1.54, 1.807) is 11.9 Å². The van der Waals surface area contributed by atoms with Crippen LogP contribution >= 0.6 is 0 Å². The average Bonchev–Trinajstić information content (AvgIpc) is 2.50. The van der Waals surface area contributed by atoms with Crippen LogP contribution < -0.4 is 5.56 Å². The number of nitrogens with one attached hydrogen (secondary N) is 1. The number of aryl methyl sites for hydroxylation is 1. The number of aromatic amines is 1. The Labute approximate surface area is 140 Å². The second-order valence-corrected chi connectivity index (χ2v) is 6.06. The van der Waals surface area contributed by atoms with Crippen LogP contribution in [0.4, 0.5) is 13.2 Å². The summed E-state index contributed by atoms with van der Waals surface area (Å²) in [6.07, 6.45) is -4.49. The molecule has 0 fully saturated rings. The molecule has 0 spiro atoms. The van der Waals surface area contributed by atoms with Gasteiger partial charge in [-0.1, -0.05) is 0 Å². The lowest BCUT2D eigenvalue weighted by Gasteiger charge is -2.28. The third kappa shape index (κ3) is 3.46. The monoisotopic (exact) mass is 355 g/mol. The average molecular weight is 355 g/mol. The van der Waals surface area contributed by atoms with Crippen LogP contribution in [-0.4, -0.2) is 31.6 Å². The summed E-state index contributed by atoms with van der Waals surface area (Å²) >= 11 is 0. The third-order valence-electron chi connectivity index (χ3n) is 4.23. The Balaban J connectivity index is 1.86. The molecule has 0 bridgehead atoms. The zero-order chi connectivity index (χ0) is 18.4. The van der Waals surface area contributed by atoms with Crippen molar-refractivity contribution < 1.29 is 23.4 Å². The van der Waals surface area contributed by atoms with E-state index in [1.807, 2.05) is 4.90 Å². The first-order valence-electron chi connectivity index (χ1n) is 7.58. The minimum atomic E-state index is -4.69. The van der Waals surface area contributed by atoms with E-state index in [0.717, 1.165) is 0 Å². The van der Waals surface area contributed by atoms with Crippen molar-refractivity contribution in [2.24, 2.45) is 0 Å². The largest absolute Gasteiger partial charge is 0.508 e. The number of H-pyrrole nitrogens is 1. The third-order valence-corrected chi connectivity index (χ3v) is 4.23. The van der Waals surface area contributed by atoms with Crippen LogP contribution in [0.2, 0.25) is 0 Å². The van der Waals surface area contributed by atoms with Crippen LogP contribution in [0.3, 0.4) is 0 Å². The number of hydrogen-bond acceptors (Lipinski definition) is 5.